The van der Waals surface area contributed by atoms with Gasteiger partial charge in [0.2, 0.25) is 5.91 Å². The van der Waals surface area contributed by atoms with Crippen LogP contribution < -0.4 is 11.1 Å². The molecule has 132 valence electrons. The normalized spacial score (nSPS) is 16.4. The van der Waals surface area contributed by atoms with Crippen LogP contribution in [0.4, 0.5) is 0 Å². The summed E-state index contributed by atoms with van der Waals surface area (Å²) < 4.78 is 5.33. The third kappa shape index (κ3) is 4.91. The highest BCUT2D eigenvalue weighted by atomic mass is 16.5. The van der Waals surface area contributed by atoms with Crippen molar-refractivity contribution in [2.75, 3.05) is 19.8 Å². The van der Waals surface area contributed by atoms with E-state index in [9.17, 15) is 4.79 Å². The van der Waals surface area contributed by atoms with Crippen molar-refractivity contribution in [1.29, 1.82) is 0 Å². The fraction of sp³-hybridized carbons (Fsp3) is 0.381. The number of benzene rings is 2. The Morgan fingerprint density at radius 3 is 2.56 bits per heavy atom. The fourth-order valence-electron chi connectivity index (χ4n) is 3.27. The van der Waals surface area contributed by atoms with Crippen LogP contribution in [-0.2, 0) is 16.0 Å². The Bertz CT molecular complexity index is 681. The first-order chi connectivity index (χ1) is 12.2. The van der Waals surface area contributed by atoms with E-state index in [4.69, 9.17) is 10.5 Å². The number of carbonyl (C=O) groups excluding carboxylic acids is 1. The summed E-state index contributed by atoms with van der Waals surface area (Å²) in [6.45, 7) is 2.02. The van der Waals surface area contributed by atoms with Crippen LogP contribution in [0.1, 0.15) is 18.4 Å². The Hall–Kier alpha value is -2.17. The highest BCUT2D eigenvalue weighted by molar-refractivity contribution is 5.81. The minimum absolute atomic E-state index is 0.0499. The van der Waals surface area contributed by atoms with Crippen LogP contribution in [0.3, 0.4) is 0 Å². The van der Waals surface area contributed by atoms with Crippen LogP contribution in [-0.4, -0.2) is 31.7 Å². The molecule has 2 aromatic rings. The summed E-state index contributed by atoms with van der Waals surface area (Å²) in [4.78, 5) is 12.2. The largest absolute Gasteiger partial charge is 0.381 e. The van der Waals surface area contributed by atoms with Crippen molar-refractivity contribution in [3.8, 4) is 11.1 Å². The van der Waals surface area contributed by atoms with E-state index in [2.05, 4.69) is 41.7 Å². The molecule has 0 radical (unpaired) electrons. The smallest absolute Gasteiger partial charge is 0.237 e. The first-order valence-corrected chi connectivity index (χ1v) is 8.99. The lowest BCUT2D eigenvalue weighted by Crippen LogP contribution is -2.47. The molecule has 1 amide bonds. The van der Waals surface area contributed by atoms with Gasteiger partial charge in [-0.1, -0.05) is 54.6 Å². The van der Waals surface area contributed by atoms with Gasteiger partial charge in [-0.3, -0.25) is 4.79 Å². The maximum atomic E-state index is 12.2. The summed E-state index contributed by atoms with van der Waals surface area (Å²) >= 11 is 0. The lowest BCUT2D eigenvalue weighted by molar-refractivity contribution is -0.124. The summed E-state index contributed by atoms with van der Waals surface area (Å²) in [6, 6.07) is 18.3. The van der Waals surface area contributed by atoms with E-state index in [1.165, 1.54) is 16.7 Å². The first-order valence-electron chi connectivity index (χ1n) is 8.99. The highest BCUT2D eigenvalue weighted by Crippen LogP contribution is 2.20. The second kappa shape index (κ2) is 8.79. The van der Waals surface area contributed by atoms with Crippen LogP contribution >= 0.6 is 0 Å². The van der Waals surface area contributed by atoms with Gasteiger partial charge in [-0.25, -0.2) is 0 Å². The van der Waals surface area contributed by atoms with Gasteiger partial charge >= 0.3 is 0 Å². The first kappa shape index (κ1) is 17.6. The van der Waals surface area contributed by atoms with Gasteiger partial charge in [-0.15, -0.1) is 0 Å². The minimum Gasteiger partial charge on any atom is -0.381 e. The molecule has 0 saturated carbocycles. The maximum Gasteiger partial charge on any atom is 0.237 e. The van der Waals surface area contributed by atoms with Gasteiger partial charge in [0.15, 0.2) is 0 Å². The quantitative estimate of drug-likeness (QED) is 0.851. The second-order valence-electron chi connectivity index (χ2n) is 6.58. The van der Waals surface area contributed by atoms with Gasteiger partial charge in [0.1, 0.15) is 0 Å². The lowest BCUT2D eigenvalue weighted by atomic mass is 9.92. The molecule has 0 aromatic heterocycles. The molecule has 3 N–H and O–H groups in total. The van der Waals surface area contributed by atoms with Crippen molar-refractivity contribution in [2.24, 2.45) is 11.7 Å². The van der Waals surface area contributed by atoms with Gasteiger partial charge in [0, 0.05) is 19.8 Å². The third-order valence-corrected chi connectivity index (χ3v) is 4.82. The second-order valence-corrected chi connectivity index (χ2v) is 6.58. The number of nitrogens with one attached hydrogen (secondary N) is 1. The Morgan fingerprint density at radius 1 is 1.08 bits per heavy atom. The Kier molecular flexibility index (Phi) is 6.20. The monoisotopic (exact) mass is 338 g/mol. The van der Waals surface area contributed by atoms with E-state index in [0.717, 1.165) is 19.3 Å². The molecule has 0 spiro atoms. The molecule has 2 aromatic carbocycles. The van der Waals surface area contributed by atoms with Crippen LogP contribution in [0.25, 0.3) is 11.1 Å². The Morgan fingerprint density at radius 2 is 1.80 bits per heavy atom. The van der Waals surface area contributed by atoms with E-state index < -0.39 is 6.04 Å². The molecule has 1 unspecified atom stereocenters. The average molecular weight is 338 g/mol. The zero-order chi connectivity index (χ0) is 17.5. The summed E-state index contributed by atoms with van der Waals surface area (Å²) in [5, 5.41) is 2.98. The number of amides is 1. The average Bonchev–Trinajstić information content (AvgIpc) is 2.69. The van der Waals surface area contributed by atoms with E-state index in [1.807, 2.05) is 18.2 Å². The third-order valence-electron chi connectivity index (χ3n) is 4.82. The van der Waals surface area contributed by atoms with Crippen LogP contribution in [0.15, 0.2) is 54.6 Å². The molecule has 1 aliphatic rings. The predicted molar refractivity (Wildman–Crippen MR) is 100 cm³/mol. The molecule has 1 saturated heterocycles. The number of carbonyl (C=O) groups is 1. The number of rotatable bonds is 6. The zero-order valence-corrected chi connectivity index (χ0v) is 14.5. The summed E-state index contributed by atoms with van der Waals surface area (Å²) in [5.74, 6) is 0.182. The molecule has 1 fully saturated rings. The van der Waals surface area contributed by atoms with E-state index in [1.54, 1.807) is 0 Å². The molecule has 1 heterocycles. The molecule has 4 nitrogen and oxygen atoms in total. The molecule has 0 bridgehead atoms. The lowest BCUT2D eigenvalue weighted by Gasteiger charge is -2.26. The molecule has 1 atom stereocenters. The minimum atomic E-state index is -0.431. The van der Waals surface area contributed by atoms with Crippen LogP contribution in [0, 0.1) is 5.92 Å². The zero-order valence-electron chi connectivity index (χ0n) is 14.5. The molecule has 0 aliphatic carbocycles. The van der Waals surface area contributed by atoms with Crippen molar-refractivity contribution in [2.45, 2.75) is 25.3 Å². The van der Waals surface area contributed by atoms with Crippen molar-refractivity contribution < 1.29 is 9.53 Å². The SMILES string of the molecule is NC(C(=O)NCCc1cccc(-c2ccccc2)c1)C1CCOCC1. The Labute approximate surface area is 149 Å². The number of hydrogen-bond acceptors (Lipinski definition) is 3. The van der Waals surface area contributed by atoms with E-state index in [-0.39, 0.29) is 11.8 Å². The fourth-order valence-corrected chi connectivity index (χ4v) is 3.27. The van der Waals surface area contributed by atoms with Gasteiger partial charge < -0.3 is 15.8 Å². The van der Waals surface area contributed by atoms with E-state index in [0.29, 0.717) is 19.8 Å². The highest BCUT2D eigenvalue weighted by Gasteiger charge is 2.26. The molecule has 1 aliphatic heterocycles. The maximum absolute atomic E-state index is 12.2. The molecule has 4 heteroatoms. The number of ether oxygens (including phenoxy) is 1. The molecule has 25 heavy (non-hydrogen) atoms. The van der Waals surface area contributed by atoms with Gasteiger partial charge in [0.05, 0.1) is 6.04 Å². The van der Waals surface area contributed by atoms with Crippen LogP contribution in [0.5, 0.6) is 0 Å². The topological polar surface area (TPSA) is 64.4 Å². The molecule has 3 rings (SSSR count). The van der Waals surface area contributed by atoms with Crippen molar-refractivity contribution in [3.05, 3.63) is 60.2 Å². The number of nitrogens with two attached hydrogens (primary N) is 1. The molecular formula is C21H26N2O2. The van der Waals surface area contributed by atoms with Crippen molar-refractivity contribution >= 4 is 5.91 Å². The standard InChI is InChI=1S/C21H26N2O2/c22-20(18-10-13-25-14-11-18)21(24)23-12-9-16-5-4-8-19(15-16)17-6-2-1-3-7-17/h1-8,15,18,20H,9-14,22H2,(H,23,24). The summed E-state index contributed by atoms with van der Waals surface area (Å²) in [5.41, 5.74) is 9.71. The van der Waals surface area contributed by atoms with Gasteiger partial charge in [0.25, 0.3) is 0 Å². The van der Waals surface area contributed by atoms with E-state index >= 15 is 0 Å². The molecular weight excluding hydrogens is 312 g/mol. The summed E-state index contributed by atoms with van der Waals surface area (Å²) in [6.07, 6.45) is 2.54. The van der Waals surface area contributed by atoms with Crippen molar-refractivity contribution in [3.63, 3.8) is 0 Å². The van der Waals surface area contributed by atoms with Crippen molar-refractivity contribution in [1.82, 2.24) is 5.32 Å². The Balaban J connectivity index is 1.51. The van der Waals surface area contributed by atoms with Crippen LogP contribution in [0.2, 0.25) is 0 Å². The van der Waals surface area contributed by atoms with Gasteiger partial charge in [-0.05, 0) is 41.9 Å². The summed E-state index contributed by atoms with van der Waals surface area (Å²) in [7, 11) is 0. The number of hydrogen-bond donors (Lipinski definition) is 2. The predicted octanol–water partition coefficient (Wildman–Crippen LogP) is 2.77. The van der Waals surface area contributed by atoms with Gasteiger partial charge in [-0.2, -0.15) is 0 Å².